The maximum atomic E-state index is 12.3. The van der Waals surface area contributed by atoms with E-state index in [-0.39, 0.29) is 28.7 Å². The van der Waals surface area contributed by atoms with Crippen molar-refractivity contribution in [2.45, 2.75) is 58.8 Å². The molecule has 0 N–H and O–H groups in total. The molecule has 0 amide bonds. The summed E-state index contributed by atoms with van der Waals surface area (Å²) < 4.78 is 10.6. The number of cyclic esters (lactones) is 1. The molecule has 3 aliphatic carbocycles. The van der Waals surface area contributed by atoms with Crippen LogP contribution in [0.5, 0.6) is 0 Å². The number of rotatable bonds is 1. The largest absolute Gasteiger partial charge is 0.469 e. The van der Waals surface area contributed by atoms with Crippen LogP contribution < -0.4 is 0 Å². The van der Waals surface area contributed by atoms with Gasteiger partial charge in [-0.2, -0.15) is 0 Å². The van der Waals surface area contributed by atoms with Gasteiger partial charge in [0.1, 0.15) is 0 Å². The lowest BCUT2D eigenvalue weighted by atomic mass is 9.46. The SMILES string of the molecule is COC(=O)[C@H]1CCC2C3CC[C@H]4CC(=O)OCC4(C)C3CCC21C. The summed E-state index contributed by atoms with van der Waals surface area (Å²) in [4.78, 5) is 24.0. The fourth-order valence-electron chi connectivity index (χ4n) is 7.12. The van der Waals surface area contributed by atoms with E-state index in [2.05, 4.69) is 13.8 Å². The molecule has 3 saturated carbocycles. The molecule has 1 saturated heterocycles. The summed E-state index contributed by atoms with van der Waals surface area (Å²) in [6.45, 7) is 5.29. The Bertz CT molecular complexity index is 558. The molecule has 24 heavy (non-hydrogen) atoms. The van der Waals surface area contributed by atoms with Crippen molar-refractivity contribution in [3.63, 3.8) is 0 Å². The zero-order chi connectivity index (χ0) is 17.1. The van der Waals surface area contributed by atoms with Gasteiger partial charge in [-0.3, -0.25) is 9.59 Å². The van der Waals surface area contributed by atoms with Gasteiger partial charge in [-0.25, -0.2) is 0 Å². The van der Waals surface area contributed by atoms with Crippen LogP contribution in [0.25, 0.3) is 0 Å². The Morgan fingerprint density at radius 1 is 1.08 bits per heavy atom. The van der Waals surface area contributed by atoms with Crippen molar-refractivity contribution >= 4 is 11.9 Å². The predicted octanol–water partition coefficient (Wildman–Crippen LogP) is 3.58. The maximum absolute atomic E-state index is 12.3. The standard InChI is InChI=1S/C20H30O4/c1-19-9-8-15-13(14(19)6-7-16(19)18(22)23-3)5-4-12-10-17(21)24-11-20(12,15)2/h12-16H,4-11H2,1-3H3/t12-,13?,14?,15?,16+,19?,20?/m0/s1. The molecule has 4 aliphatic rings. The highest BCUT2D eigenvalue weighted by Crippen LogP contribution is 2.66. The molecule has 4 heteroatoms. The topological polar surface area (TPSA) is 52.6 Å². The summed E-state index contributed by atoms with van der Waals surface area (Å²) >= 11 is 0. The zero-order valence-electron chi connectivity index (χ0n) is 15.2. The summed E-state index contributed by atoms with van der Waals surface area (Å²) in [6.07, 6.45) is 7.36. The first-order valence-electron chi connectivity index (χ1n) is 9.63. The van der Waals surface area contributed by atoms with Gasteiger partial charge in [0.05, 0.1) is 19.6 Å². The number of fused-ring (bicyclic) bond motifs is 5. The Hall–Kier alpha value is -1.06. The Kier molecular flexibility index (Phi) is 3.74. The van der Waals surface area contributed by atoms with Gasteiger partial charge in [-0.05, 0) is 67.6 Å². The number of esters is 2. The van der Waals surface area contributed by atoms with Gasteiger partial charge in [0.15, 0.2) is 0 Å². The second kappa shape index (κ2) is 5.47. The highest BCUT2D eigenvalue weighted by atomic mass is 16.5. The molecule has 0 aromatic carbocycles. The molecular weight excluding hydrogens is 304 g/mol. The van der Waals surface area contributed by atoms with Crippen LogP contribution in [-0.2, 0) is 19.1 Å². The van der Waals surface area contributed by atoms with E-state index >= 15 is 0 Å². The Labute approximate surface area is 144 Å². The van der Waals surface area contributed by atoms with Gasteiger partial charge in [-0.1, -0.05) is 13.8 Å². The van der Waals surface area contributed by atoms with Crippen LogP contribution in [0.1, 0.15) is 58.8 Å². The van der Waals surface area contributed by atoms with E-state index in [1.165, 1.54) is 13.5 Å². The van der Waals surface area contributed by atoms with Crippen LogP contribution in [0.3, 0.4) is 0 Å². The predicted molar refractivity (Wildman–Crippen MR) is 89.0 cm³/mol. The molecule has 4 nitrogen and oxygen atoms in total. The molecule has 0 aromatic rings. The van der Waals surface area contributed by atoms with E-state index < -0.39 is 0 Å². The van der Waals surface area contributed by atoms with Crippen molar-refractivity contribution in [3.05, 3.63) is 0 Å². The number of carbonyl (C=O) groups excluding carboxylic acids is 2. The highest BCUT2D eigenvalue weighted by Gasteiger charge is 2.62. The third kappa shape index (κ3) is 2.10. The van der Waals surface area contributed by atoms with Gasteiger partial charge in [0.2, 0.25) is 0 Å². The van der Waals surface area contributed by atoms with Crippen LogP contribution >= 0.6 is 0 Å². The molecular formula is C20H30O4. The number of hydrogen-bond donors (Lipinski definition) is 0. The lowest BCUT2D eigenvalue weighted by molar-refractivity contribution is -0.182. The second-order valence-corrected chi connectivity index (χ2v) is 9.22. The normalized spacial score (nSPS) is 50.3. The monoisotopic (exact) mass is 334 g/mol. The molecule has 134 valence electrons. The molecule has 1 heterocycles. The summed E-state index contributed by atoms with van der Waals surface area (Å²) in [7, 11) is 1.52. The molecule has 0 radical (unpaired) electrons. The molecule has 4 rings (SSSR count). The van der Waals surface area contributed by atoms with Crippen LogP contribution in [0.15, 0.2) is 0 Å². The molecule has 5 unspecified atom stereocenters. The van der Waals surface area contributed by atoms with Gasteiger partial charge < -0.3 is 9.47 Å². The van der Waals surface area contributed by atoms with Crippen molar-refractivity contribution in [2.75, 3.05) is 13.7 Å². The quantitative estimate of drug-likeness (QED) is 0.688. The molecule has 1 aliphatic heterocycles. The fourth-order valence-corrected chi connectivity index (χ4v) is 7.12. The van der Waals surface area contributed by atoms with Gasteiger partial charge in [0.25, 0.3) is 0 Å². The second-order valence-electron chi connectivity index (χ2n) is 9.22. The van der Waals surface area contributed by atoms with Crippen molar-refractivity contribution in [2.24, 2.45) is 40.4 Å². The third-order valence-corrected chi connectivity index (χ3v) is 8.51. The smallest absolute Gasteiger partial charge is 0.309 e. The first kappa shape index (κ1) is 16.4. The summed E-state index contributed by atoms with van der Waals surface area (Å²) in [5, 5.41) is 0. The van der Waals surface area contributed by atoms with Crippen LogP contribution in [0, 0.1) is 40.4 Å². The Balaban J connectivity index is 1.61. The van der Waals surface area contributed by atoms with Crippen molar-refractivity contribution in [3.8, 4) is 0 Å². The first-order valence-corrected chi connectivity index (χ1v) is 9.63. The number of hydrogen-bond acceptors (Lipinski definition) is 4. The number of carbonyl (C=O) groups is 2. The minimum atomic E-state index is -0.0109. The minimum Gasteiger partial charge on any atom is -0.469 e. The Morgan fingerprint density at radius 2 is 1.83 bits per heavy atom. The summed E-state index contributed by atoms with van der Waals surface area (Å²) in [5.41, 5.74) is 0.240. The lowest BCUT2D eigenvalue weighted by Gasteiger charge is -2.59. The van der Waals surface area contributed by atoms with E-state index in [9.17, 15) is 9.59 Å². The average molecular weight is 334 g/mol. The molecule has 0 aromatic heterocycles. The van der Waals surface area contributed by atoms with Crippen molar-refractivity contribution in [1.29, 1.82) is 0 Å². The van der Waals surface area contributed by atoms with E-state index in [4.69, 9.17) is 9.47 Å². The number of ether oxygens (including phenoxy) is 2. The minimum absolute atomic E-state index is 0.00931. The van der Waals surface area contributed by atoms with Gasteiger partial charge in [-0.15, -0.1) is 0 Å². The van der Waals surface area contributed by atoms with Crippen molar-refractivity contribution in [1.82, 2.24) is 0 Å². The van der Waals surface area contributed by atoms with E-state index in [1.807, 2.05) is 0 Å². The van der Waals surface area contributed by atoms with E-state index in [1.54, 1.807) is 0 Å². The van der Waals surface area contributed by atoms with Crippen molar-refractivity contribution < 1.29 is 19.1 Å². The zero-order valence-corrected chi connectivity index (χ0v) is 15.2. The molecule has 0 bridgehead atoms. The van der Waals surface area contributed by atoms with Crippen LogP contribution in [0.2, 0.25) is 0 Å². The molecule has 0 spiro atoms. The average Bonchev–Trinajstić information content (AvgIpc) is 2.92. The number of methoxy groups -OCH3 is 1. The summed E-state index contributed by atoms with van der Waals surface area (Å²) in [5.74, 6) is 2.48. The molecule has 7 atom stereocenters. The van der Waals surface area contributed by atoms with Gasteiger partial charge in [0, 0.05) is 11.8 Å². The Morgan fingerprint density at radius 3 is 2.58 bits per heavy atom. The first-order chi connectivity index (χ1) is 11.4. The lowest BCUT2D eigenvalue weighted by Crippen LogP contribution is -2.56. The highest BCUT2D eigenvalue weighted by molar-refractivity contribution is 5.74. The molecule has 4 fully saturated rings. The fraction of sp³-hybridized carbons (Fsp3) is 0.900. The van der Waals surface area contributed by atoms with Crippen LogP contribution in [-0.4, -0.2) is 25.7 Å². The van der Waals surface area contributed by atoms with E-state index in [0.29, 0.717) is 36.7 Å². The van der Waals surface area contributed by atoms with E-state index in [0.717, 1.165) is 32.1 Å². The maximum Gasteiger partial charge on any atom is 0.309 e. The van der Waals surface area contributed by atoms with Gasteiger partial charge >= 0.3 is 11.9 Å². The third-order valence-electron chi connectivity index (χ3n) is 8.51. The summed E-state index contributed by atoms with van der Waals surface area (Å²) in [6, 6.07) is 0. The van der Waals surface area contributed by atoms with Crippen LogP contribution in [0.4, 0.5) is 0 Å².